The minimum absolute atomic E-state index is 0.0565. The number of fused-ring (bicyclic) bond motifs is 1. The van der Waals surface area contributed by atoms with E-state index in [0.717, 1.165) is 31.5 Å². The Morgan fingerprint density at radius 2 is 2.17 bits per heavy atom. The third kappa shape index (κ3) is 3.23. The van der Waals surface area contributed by atoms with Crippen molar-refractivity contribution in [2.75, 3.05) is 27.2 Å². The number of quaternary nitrogens is 1. The van der Waals surface area contributed by atoms with Crippen molar-refractivity contribution in [3.63, 3.8) is 0 Å². The molecule has 2 aromatic heterocycles. The van der Waals surface area contributed by atoms with E-state index in [1.807, 2.05) is 29.7 Å². The van der Waals surface area contributed by atoms with Crippen LogP contribution in [-0.4, -0.2) is 53.5 Å². The van der Waals surface area contributed by atoms with Crippen LogP contribution in [0.2, 0.25) is 0 Å². The molecular formula is C17H24N4O2. The molecule has 3 rings (SSSR count). The number of hydrogen-bond acceptors (Lipinski definition) is 4. The zero-order valence-corrected chi connectivity index (χ0v) is 14.0. The molecule has 1 N–H and O–H groups in total. The average Bonchev–Trinajstić information content (AvgIpc) is 2.86. The smallest absolute Gasteiger partial charge is 0.138 e. The molecule has 1 saturated heterocycles. The van der Waals surface area contributed by atoms with E-state index in [4.69, 9.17) is 0 Å². The maximum Gasteiger partial charge on any atom is 0.138 e. The summed E-state index contributed by atoms with van der Waals surface area (Å²) in [5.41, 5.74) is 2.49. The van der Waals surface area contributed by atoms with Crippen LogP contribution in [0.1, 0.15) is 34.6 Å². The van der Waals surface area contributed by atoms with Gasteiger partial charge in [0.15, 0.2) is 0 Å². The van der Waals surface area contributed by atoms with Gasteiger partial charge in [-0.05, 0) is 31.7 Å². The highest BCUT2D eigenvalue weighted by Gasteiger charge is 2.24. The summed E-state index contributed by atoms with van der Waals surface area (Å²) in [4.78, 5) is 19.5. The second-order valence-corrected chi connectivity index (χ2v) is 6.73. The standard InChI is InChI=1S/C17H24N4O2/c1-12-4-9-21-14(16(17(22)23)18-15(21)10-12)11-20(3)13-5-7-19(2)8-6-13/h4,9-10,13H,5-8,11H2,1-3H3,(H,22,23). The molecule has 0 aliphatic carbocycles. The van der Waals surface area contributed by atoms with E-state index in [2.05, 4.69) is 24.0 Å². The summed E-state index contributed by atoms with van der Waals surface area (Å²) in [6.45, 7) is 4.86. The maximum atomic E-state index is 11.5. The number of carboxylic acids is 1. The second kappa shape index (κ2) is 6.29. The number of nitrogens with one attached hydrogen (secondary N) is 1. The van der Waals surface area contributed by atoms with E-state index in [9.17, 15) is 9.90 Å². The van der Waals surface area contributed by atoms with Gasteiger partial charge >= 0.3 is 0 Å². The van der Waals surface area contributed by atoms with E-state index < -0.39 is 5.97 Å². The molecule has 1 aliphatic heterocycles. The monoisotopic (exact) mass is 316 g/mol. The Labute approximate surface area is 136 Å². The van der Waals surface area contributed by atoms with Gasteiger partial charge in [-0.3, -0.25) is 4.90 Å². The average molecular weight is 316 g/mol. The Bertz CT molecular complexity index is 717. The number of pyridine rings is 1. The number of carbonyl (C=O) groups excluding carboxylic acids is 1. The molecule has 0 bridgehead atoms. The highest BCUT2D eigenvalue weighted by Crippen LogP contribution is 2.18. The predicted molar refractivity (Wildman–Crippen MR) is 85.4 cm³/mol. The van der Waals surface area contributed by atoms with E-state index >= 15 is 0 Å². The van der Waals surface area contributed by atoms with E-state index in [1.165, 1.54) is 0 Å². The molecule has 1 fully saturated rings. The quantitative estimate of drug-likeness (QED) is 0.795. The summed E-state index contributed by atoms with van der Waals surface area (Å²) in [6, 6.07) is 4.36. The summed E-state index contributed by atoms with van der Waals surface area (Å²) < 4.78 is 1.87. The molecule has 0 spiro atoms. The minimum atomic E-state index is -1.21. The van der Waals surface area contributed by atoms with Gasteiger partial charge in [0.05, 0.1) is 31.8 Å². The molecular weight excluding hydrogens is 292 g/mol. The van der Waals surface area contributed by atoms with Crippen molar-refractivity contribution < 1.29 is 14.8 Å². The summed E-state index contributed by atoms with van der Waals surface area (Å²) in [5, 5.41) is 11.5. The molecule has 0 atom stereocenters. The third-order valence-electron chi connectivity index (χ3n) is 4.91. The van der Waals surface area contributed by atoms with Crippen molar-refractivity contribution in [1.29, 1.82) is 0 Å². The van der Waals surface area contributed by atoms with Crippen LogP contribution in [0.25, 0.3) is 5.65 Å². The van der Waals surface area contributed by atoms with E-state index in [0.29, 0.717) is 23.9 Å². The lowest BCUT2D eigenvalue weighted by Gasteiger charge is -2.33. The Balaban J connectivity index is 1.89. The molecule has 6 heteroatoms. The first-order valence-electron chi connectivity index (χ1n) is 8.16. The molecule has 0 aromatic carbocycles. The number of carboxylic acid groups (broad SMARTS) is 1. The fourth-order valence-electron chi connectivity index (χ4n) is 3.41. The number of carbonyl (C=O) groups is 1. The van der Waals surface area contributed by atoms with E-state index in [-0.39, 0.29) is 5.69 Å². The molecule has 0 saturated carbocycles. The number of rotatable bonds is 4. The van der Waals surface area contributed by atoms with Crippen LogP contribution in [0.15, 0.2) is 18.3 Å². The van der Waals surface area contributed by atoms with Gasteiger partial charge in [0, 0.05) is 31.6 Å². The van der Waals surface area contributed by atoms with Crippen LogP contribution in [0.3, 0.4) is 0 Å². The van der Waals surface area contributed by atoms with Crippen LogP contribution in [-0.2, 0) is 6.54 Å². The number of aromatic nitrogens is 2. The van der Waals surface area contributed by atoms with Crippen molar-refractivity contribution in [2.24, 2.45) is 0 Å². The van der Waals surface area contributed by atoms with Crippen LogP contribution in [0.4, 0.5) is 0 Å². The van der Waals surface area contributed by atoms with Crippen molar-refractivity contribution >= 4 is 11.6 Å². The molecule has 6 nitrogen and oxygen atoms in total. The summed E-state index contributed by atoms with van der Waals surface area (Å²) >= 11 is 0. The first-order valence-corrected chi connectivity index (χ1v) is 8.16. The largest absolute Gasteiger partial charge is 0.543 e. The molecule has 0 unspecified atom stereocenters. The SMILES string of the molecule is Cc1ccn2c(CN(C)C3CC[NH+](C)CC3)c(C(=O)[O-])nc2c1. The van der Waals surface area contributed by atoms with Crippen molar-refractivity contribution in [1.82, 2.24) is 14.3 Å². The van der Waals surface area contributed by atoms with Gasteiger partial charge in [-0.1, -0.05) is 0 Å². The Hall–Kier alpha value is -1.92. The fraction of sp³-hybridized carbons (Fsp3) is 0.529. The minimum Gasteiger partial charge on any atom is -0.543 e. The number of aryl methyl sites for hydroxylation is 1. The van der Waals surface area contributed by atoms with Gasteiger partial charge < -0.3 is 19.2 Å². The predicted octanol–water partition coefficient (Wildman–Crippen LogP) is -0.885. The zero-order chi connectivity index (χ0) is 16.6. The number of nitrogens with zero attached hydrogens (tertiary/aromatic N) is 3. The second-order valence-electron chi connectivity index (χ2n) is 6.73. The number of imidazole rings is 1. The lowest BCUT2D eigenvalue weighted by Crippen LogP contribution is -3.10. The highest BCUT2D eigenvalue weighted by atomic mass is 16.4. The first-order chi connectivity index (χ1) is 11.0. The van der Waals surface area contributed by atoms with Crippen LogP contribution < -0.4 is 10.0 Å². The summed E-state index contributed by atoms with van der Waals surface area (Å²) in [5.74, 6) is -1.21. The van der Waals surface area contributed by atoms with Crippen molar-refractivity contribution in [2.45, 2.75) is 32.4 Å². The summed E-state index contributed by atoms with van der Waals surface area (Å²) in [6.07, 6.45) is 4.17. The highest BCUT2D eigenvalue weighted by molar-refractivity contribution is 5.86. The molecule has 1 aliphatic rings. The van der Waals surface area contributed by atoms with Gasteiger partial charge in [0.25, 0.3) is 0 Å². The summed E-state index contributed by atoms with van der Waals surface area (Å²) in [7, 11) is 4.29. The number of aromatic carboxylic acids is 1. The molecule has 2 aromatic rings. The Morgan fingerprint density at radius 1 is 1.48 bits per heavy atom. The Kier molecular flexibility index (Phi) is 4.37. The first kappa shape index (κ1) is 16.0. The lowest BCUT2D eigenvalue weighted by molar-refractivity contribution is -0.885. The molecule has 0 radical (unpaired) electrons. The van der Waals surface area contributed by atoms with Gasteiger partial charge in [0.2, 0.25) is 0 Å². The van der Waals surface area contributed by atoms with Crippen LogP contribution in [0.5, 0.6) is 0 Å². The molecule has 3 heterocycles. The maximum absolute atomic E-state index is 11.5. The lowest BCUT2D eigenvalue weighted by atomic mass is 10.0. The van der Waals surface area contributed by atoms with E-state index in [1.54, 1.807) is 4.90 Å². The third-order valence-corrected chi connectivity index (χ3v) is 4.91. The van der Waals surface area contributed by atoms with Gasteiger partial charge in [-0.25, -0.2) is 4.98 Å². The fourth-order valence-corrected chi connectivity index (χ4v) is 3.41. The van der Waals surface area contributed by atoms with Crippen LogP contribution in [0, 0.1) is 6.92 Å². The number of likely N-dealkylation sites (tertiary alicyclic amines) is 1. The van der Waals surface area contributed by atoms with Gasteiger partial charge in [0.1, 0.15) is 11.3 Å². The number of piperidine rings is 1. The van der Waals surface area contributed by atoms with Crippen molar-refractivity contribution in [3.05, 3.63) is 35.3 Å². The topological polar surface area (TPSA) is 65.1 Å². The Morgan fingerprint density at radius 3 is 2.83 bits per heavy atom. The molecule has 23 heavy (non-hydrogen) atoms. The van der Waals surface area contributed by atoms with Crippen LogP contribution >= 0.6 is 0 Å². The normalized spacial score (nSPS) is 21.9. The van der Waals surface area contributed by atoms with Crippen molar-refractivity contribution in [3.8, 4) is 0 Å². The number of hydrogen-bond donors (Lipinski definition) is 1. The van der Waals surface area contributed by atoms with Gasteiger partial charge in [-0.2, -0.15) is 0 Å². The molecule has 124 valence electrons. The molecule has 0 amide bonds. The van der Waals surface area contributed by atoms with Gasteiger partial charge in [-0.15, -0.1) is 0 Å². The zero-order valence-electron chi connectivity index (χ0n) is 14.0.